The van der Waals surface area contributed by atoms with Crippen LogP contribution in [0.3, 0.4) is 0 Å². The molecule has 0 amide bonds. The molecule has 0 radical (unpaired) electrons. The zero-order valence-corrected chi connectivity index (χ0v) is 11.8. The topological polar surface area (TPSA) is 70.4 Å². The number of aromatic carboxylic acids is 1. The smallest absolute Gasteiger partial charge is 0.337 e. The number of nitrogens with one attached hydrogen (secondary N) is 1. The Morgan fingerprint density at radius 1 is 1.40 bits per heavy atom. The maximum atomic E-state index is 11.1. The van der Waals surface area contributed by atoms with Gasteiger partial charge in [-0.1, -0.05) is 12.1 Å². The number of para-hydroxylation sites is 1. The molecule has 0 aliphatic carbocycles. The number of hydrogen-bond acceptors (Lipinski definition) is 4. The lowest BCUT2D eigenvalue weighted by molar-refractivity contribution is 0.0698. The minimum absolute atomic E-state index is 0.266. The molecule has 0 aliphatic rings. The summed E-state index contributed by atoms with van der Waals surface area (Å²) in [7, 11) is 5.79. The first-order valence-corrected chi connectivity index (χ1v) is 6.25. The van der Waals surface area contributed by atoms with Crippen LogP contribution in [0, 0.1) is 0 Å². The zero-order chi connectivity index (χ0) is 14.7. The normalized spacial score (nSPS) is 10.3. The monoisotopic (exact) mass is 274 g/mol. The van der Waals surface area contributed by atoms with Crippen LogP contribution in [0.15, 0.2) is 30.5 Å². The van der Waals surface area contributed by atoms with Gasteiger partial charge in [-0.2, -0.15) is 0 Å². The zero-order valence-electron chi connectivity index (χ0n) is 11.8. The van der Waals surface area contributed by atoms with E-state index in [0.29, 0.717) is 12.2 Å². The Bertz CT molecular complexity index is 619. The molecular formula is C14H18N4O2. The number of carboxylic acid groups (broad SMARTS) is 1. The molecule has 1 aromatic heterocycles. The first-order valence-electron chi connectivity index (χ1n) is 6.25. The van der Waals surface area contributed by atoms with Crippen LogP contribution in [0.2, 0.25) is 0 Å². The van der Waals surface area contributed by atoms with Crippen LogP contribution in [0.1, 0.15) is 16.1 Å². The molecule has 2 N–H and O–H groups in total. The van der Waals surface area contributed by atoms with Gasteiger partial charge < -0.3 is 19.9 Å². The van der Waals surface area contributed by atoms with Gasteiger partial charge in [0.25, 0.3) is 0 Å². The summed E-state index contributed by atoms with van der Waals surface area (Å²) < 4.78 is 1.97. The van der Waals surface area contributed by atoms with Gasteiger partial charge in [0, 0.05) is 26.8 Å². The Labute approximate surface area is 117 Å². The number of carbonyl (C=O) groups is 1. The third kappa shape index (κ3) is 2.74. The Kier molecular flexibility index (Phi) is 3.93. The van der Waals surface area contributed by atoms with E-state index in [1.54, 1.807) is 24.4 Å². The van der Waals surface area contributed by atoms with Crippen LogP contribution < -0.4 is 10.2 Å². The fraction of sp³-hybridized carbons (Fsp3) is 0.286. The van der Waals surface area contributed by atoms with Gasteiger partial charge in [-0.15, -0.1) is 0 Å². The predicted octanol–water partition coefficient (Wildman–Crippen LogP) is 1.80. The quantitative estimate of drug-likeness (QED) is 0.870. The second kappa shape index (κ2) is 5.64. The van der Waals surface area contributed by atoms with Gasteiger partial charge in [-0.25, -0.2) is 9.78 Å². The van der Waals surface area contributed by atoms with Crippen molar-refractivity contribution < 1.29 is 9.90 Å². The Morgan fingerprint density at radius 3 is 2.70 bits per heavy atom. The summed E-state index contributed by atoms with van der Waals surface area (Å²) in [5.41, 5.74) is 1.85. The maximum absolute atomic E-state index is 11.1. The molecule has 0 fully saturated rings. The molecule has 2 aromatic rings. The molecule has 20 heavy (non-hydrogen) atoms. The molecule has 2 rings (SSSR count). The lowest BCUT2D eigenvalue weighted by Crippen LogP contribution is -2.15. The largest absolute Gasteiger partial charge is 0.478 e. The molecule has 0 saturated heterocycles. The van der Waals surface area contributed by atoms with Crippen molar-refractivity contribution in [3.05, 3.63) is 41.7 Å². The fourth-order valence-electron chi connectivity index (χ4n) is 2.02. The number of carboxylic acids is 1. The van der Waals surface area contributed by atoms with Gasteiger partial charge in [0.05, 0.1) is 24.0 Å². The summed E-state index contributed by atoms with van der Waals surface area (Å²) in [6, 6.07) is 6.86. The average Bonchev–Trinajstić information content (AvgIpc) is 2.78. The van der Waals surface area contributed by atoms with E-state index in [-0.39, 0.29) is 5.56 Å². The van der Waals surface area contributed by atoms with Crippen LogP contribution in [0.25, 0.3) is 0 Å². The van der Waals surface area contributed by atoms with Crippen molar-refractivity contribution in [2.75, 3.05) is 24.3 Å². The highest BCUT2D eigenvalue weighted by Gasteiger charge is 2.11. The Morgan fingerprint density at radius 2 is 2.10 bits per heavy atom. The van der Waals surface area contributed by atoms with E-state index in [9.17, 15) is 4.79 Å². The molecule has 0 saturated carbocycles. The van der Waals surface area contributed by atoms with E-state index in [2.05, 4.69) is 10.3 Å². The highest BCUT2D eigenvalue weighted by Crippen LogP contribution is 2.17. The van der Waals surface area contributed by atoms with Crippen molar-refractivity contribution in [3.63, 3.8) is 0 Å². The Hall–Kier alpha value is -2.50. The van der Waals surface area contributed by atoms with Crippen molar-refractivity contribution >= 4 is 17.6 Å². The summed E-state index contributed by atoms with van der Waals surface area (Å²) in [4.78, 5) is 17.4. The van der Waals surface area contributed by atoms with E-state index in [1.165, 1.54) is 0 Å². The summed E-state index contributed by atoms with van der Waals surface area (Å²) >= 11 is 0. The first kappa shape index (κ1) is 13.9. The van der Waals surface area contributed by atoms with Crippen LogP contribution in [-0.4, -0.2) is 34.7 Å². The van der Waals surface area contributed by atoms with Gasteiger partial charge in [0.15, 0.2) is 0 Å². The van der Waals surface area contributed by atoms with Gasteiger partial charge in [0.1, 0.15) is 0 Å². The van der Waals surface area contributed by atoms with Crippen molar-refractivity contribution in [3.8, 4) is 0 Å². The van der Waals surface area contributed by atoms with Crippen LogP contribution in [-0.2, 0) is 13.6 Å². The fourth-order valence-corrected chi connectivity index (χ4v) is 2.02. The summed E-state index contributed by atoms with van der Waals surface area (Å²) in [5, 5.41) is 12.3. The molecule has 106 valence electrons. The second-order valence-electron chi connectivity index (χ2n) is 4.71. The van der Waals surface area contributed by atoms with E-state index in [4.69, 9.17) is 5.11 Å². The highest BCUT2D eigenvalue weighted by molar-refractivity contribution is 5.94. The molecule has 6 heteroatoms. The molecule has 1 aromatic carbocycles. The second-order valence-corrected chi connectivity index (χ2v) is 4.71. The SMILES string of the molecule is CN(C)c1ncc(CNc2ccccc2C(=O)O)n1C. The van der Waals surface area contributed by atoms with Crippen molar-refractivity contribution in [2.45, 2.75) is 6.54 Å². The molecule has 1 heterocycles. The minimum atomic E-state index is -0.938. The molecule has 0 spiro atoms. The van der Waals surface area contributed by atoms with Crippen molar-refractivity contribution in [1.29, 1.82) is 0 Å². The number of aromatic nitrogens is 2. The first-order chi connectivity index (χ1) is 9.50. The number of benzene rings is 1. The number of nitrogens with zero attached hydrogens (tertiary/aromatic N) is 3. The number of hydrogen-bond donors (Lipinski definition) is 2. The van der Waals surface area contributed by atoms with E-state index >= 15 is 0 Å². The van der Waals surface area contributed by atoms with Crippen LogP contribution in [0.5, 0.6) is 0 Å². The van der Waals surface area contributed by atoms with Crippen LogP contribution >= 0.6 is 0 Å². The molecule has 0 aliphatic heterocycles. The molecular weight excluding hydrogens is 256 g/mol. The number of imidazole rings is 1. The summed E-state index contributed by atoms with van der Waals surface area (Å²) in [5.74, 6) is -0.0830. The number of anilines is 2. The molecule has 0 atom stereocenters. The Balaban J connectivity index is 2.15. The minimum Gasteiger partial charge on any atom is -0.478 e. The molecule has 6 nitrogen and oxygen atoms in total. The third-order valence-corrected chi connectivity index (χ3v) is 3.08. The molecule has 0 bridgehead atoms. The summed E-state index contributed by atoms with van der Waals surface area (Å²) in [6.45, 7) is 0.516. The van der Waals surface area contributed by atoms with Crippen LogP contribution in [0.4, 0.5) is 11.6 Å². The maximum Gasteiger partial charge on any atom is 0.337 e. The third-order valence-electron chi connectivity index (χ3n) is 3.08. The highest BCUT2D eigenvalue weighted by atomic mass is 16.4. The van der Waals surface area contributed by atoms with E-state index in [0.717, 1.165) is 11.6 Å². The van der Waals surface area contributed by atoms with E-state index < -0.39 is 5.97 Å². The van der Waals surface area contributed by atoms with E-state index in [1.807, 2.05) is 36.7 Å². The number of rotatable bonds is 5. The predicted molar refractivity (Wildman–Crippen MR) is 78.3 cm³/mol. The molecule has 0 unspecified atom stereocenters. The van der Waals surface area contributed by atoms with Gasteiger partial charge in [0.2, 0.25) is 5.95 Å². The van der Waals surface area contributed by atoms with Gasteiger partial charge >= 0.3 is 5.97 Å². The lowest BCUT2D eigenvalue weighted by atomic mass is 10.2. The standard InChI is InChI=1S/C14H18N4O2/c1-17(2)14-16-9-10(18(14)3)8-15-12-7-5-4-6-11(12)13(19)20/h4-7,9,15H,8H2,1-3H3,(H,19,20). The summed E-state index contributed by atoms with van der Waals surface area (Å²) in [6.07, 6.45) is 1.78. The lowest BCUT2D eigenvalue weighted by Gasteiger charge is -2.13. The average molecular weight is 274 g/mol. The van der Waals surface area contributed by atoms with Gasteiger partial charge in [-0.3, -0.25) is 0 Å². The van der Waals surface area contributed by atoms with Crippen molar-refractivity contribution in [1.82, 2.24) is 9.55 Å². The van der Waals surface area contributed by atoms with Gasteiger partial charge in [-0.05, 0) is 12.1 Å². The van der Waals surface area contributed by atoms with Crippen molar-refractivity contribution in [2.24, 2.45) is 7.05 Å².